The third-order valence-electron chi connectivity index (χ3n) is 3.03. The largest absolute Gasteiger partial charge is 0.495 e. The van der Waals surface area contributed by atoms with Crippen molar-refractivity contribution in [3.63, 3.8) is 0 Å². The Bertz CT molecular complexity index is 643. The molecule has 5 heteroatoms. The van der Waals surface area contributed by atoms with Crippen molar-refractivity contribution in [1.29, 1.82) is 0 Å². The highest BCUT2D eigenvalue weighted by Gasteiger charge is 2.20. The van der Waals surface area contributed by atoms with E-state index in [1.165, 1.54) is 0 Å². The van der Waals surface area contributed by atoms with Crippen LogP contribution in [0, 0.1) is 6.92 Å². The fourth-order valence-corrected chi connectivity index (χ4v) is 3.61. The molecular weight excluding hydrogens is 382 g/mol. The van der Waals surface area contributed by atoms with Gasteiger partial charge >= 0.3 is 0 Å². The van der Waals surface area contributed by atoms with E-state index in [0.29, 0.717) is 15.8 Å². The first-order valence-corrected chi connectivity index (χ1v) is 7.85. The molecule has 1 atom stereocenters. The van der Waals surface area contributed by atoms with Crippen molar-refractivity contribution in [3.8, 4) is 5.75 Å². The van der Waals surface area contributed by atoms with E-state index < -0.39 is 5.38 Å². The molecule has 0 saturated heterocycles. The quantitative estimate of drug-likeness (QED) is 0.547. The molecule has 106 valence electrons. The van der Waals surface area contributed by atoms with Crippen LogP contribution in [0.3, 0.4) is 0 Å². The molecule has 0 saturated carbocycles. The first-order valence-electron chi connectivity index (χ1n) is 5.87. The summed E-state index contributed by atoms with van der Waals surface area (Å²) in [6.45, 7) is 1.99. The Hall–Kier alpha value is -0.410. The zero-order valence-corrected chi connectivity index (χ0v) is 14.7. The van der Waals surface area contributed by atoms with Crippen molar-refractivity contribution in [3.05, 3.63) is 61.5 Å². The van der Waals surface area contributed by atoms with E-state index in [1.807, 2.05) is 31.2 Å². The van der Waals surface area contributed by atoms with Crippen LogP contribution in [0.4, 0.5) is 0 Å². The predicted octanol–water partition coefficient (Wildman–Crippen LogP) is 6.40. The molecule has 0 fully saturated rings. The number of alkyl halides is 1. The third-order valence-corrected chi connectivity index (χ3v) is 4.54. The summed E-state index contributed by atoms with van der Waals surface area (Å²) < 4.78 is 6.19. The lowest BCUT2D eigenvalue weighted by Crippen LogP contribution is -2.00. The molecule has 2 rings (SSSR count). The van der Waals surface area contributed by atoms with Gasteiger partial charge in [-0.15, -0.1) is 11.6 Å². The Morgan fingerprint density at radius 3 is 2.35 bits per heavy atom. The first-order chi connectivity index (χ1) is 9.43. The molecule has 1 nitrogen and oxygen atoms in total. The van der Waals surface area contributed by atoms with Crippen LogP contribution >= 0.6 is 50.7 Å². The fraction of sp³-hybridized carbons (Fsp3) is 0.200. The van der Waals surface area contributed by atoms with Crippen molar-refractivity contribution in [2.75, 3.05) is 7.11 Å². The standard InChI is InChI=1S/C15H12BrCl3O/c1-8-3-4-9(17)5-11(8)14(19)12-6-10(18)7-13(16)15(12)20-2/h3-7,14H,1-2H3. The highest BCUT2D eigenvalue weighted by atomic mass is 79.9. The third kappa shape index (κ3) is 3.25. The van der Waals surface area contributed by atoms with Crippen molar-refractivity contribution in [2.45, 2.75) is 12.3 Å². The summed E-state index contributed by atoms with van der Waals surface area (Å²) in [5.74, 6) is 0.675. The number of hydrogen-bond acceptors (Lipinski definition) is 1. The minimum absolute atomic E-state index is 0.390. The molecule has 0 aliphatic carbocycles. The van der Waals surface area contributed by atoms with Crippen LogP contribution in [0.1, 0.15) is 22.1 Å². The van der Waals surface area contributed by atoms with E-state index in [2.05, 4.69) is 15.9 Å². The van der Waals surface area contributed by atoms with Gasteiger partial charge in [0.15, 0.2) is 0 Å². The number of methoxy groups -OCH3 is 1. The van der Waals surface area contributed by atoms with E-state index in [-0.39, 0.29) is 0 Å². The van der Waals surface area contributed by atoms with Crippen LogP contribution in [-0.4, -0.2) is 7.11 Å². The second kappa shape index (κ2) is 6.57. The van der Waals surface area contributed by atoms with Gasteiger partial charge in [-0.1, -0.05) is 29.3 Å². The van der Waals surface area contributed by atoms with Crippen LogP contribution in [0.2, 0.25) is 10.0 Å². The maximum atomic E-state index is 6.62. The molecule has 20 heavy (non-hydrogen) atoms. The van der Waals surface area contributed by atoms with E-state index in [4.69, 9.17) is 39.5 Å². The molecule has 0 amide bonds. The highest BCUT2D eigenvalue weighted by molar-refractivity contribution is 9.10. The van der Waals surface area contributed by atoms with Gasteiger partial charge in [0, 0.05) is 15.6 Å². The van der Waals surface area contributed by atoms with E-state index in [1.54, 1.807) is 13.2 Å². The zero-order valence-electron chi connectivity index (χ0n) is 10.9. The van der Waals surface area contributed by atoms with Gasteiger partial charge in [0.1, 0.15) is 5.75 Å². The molecule has 0 radical (unpaired) electrons. The molecule has 1 unspecified atom stereocenters. The maximum Gasteiger partial charge on any atom is 0.138 e. The summed E-state index contributed by atoms with van der Waals surface area (Å²) in [5, 5.41) is 0.855. The molecule has 0 aliphatic heterocycles. The minimum Gasteiger partial charge on any atom is -0.495 e. The summed E-state index contributed by atoms with van der Waals surface area (Å²) in [4.78, 5) is 0. The van der Waals surface area contributed by atoms with Gasteiger partial charge in [-0.25, -0.2) is 0 Å². The Morgan fingerprint density at radius 2 is 1.70 bits per heavy atom. The first kappa shape index (κ1) is 16.0. The normalized spacial score (nSPS) is 12.3. The lowest BCUT2D eigenvalue weighted by molar-refractivity contribution is 0.407. The smallest absolute Gasteiger partial charge is 0.138 e. The molecule has 0 aromatic heterocycles. The van der Waals surface area contributed by atoms with E-state index in [9.17, 15) is 0 Å². The Kier molecular flexibility index (Phi) is 5.25. The Labute approximate surface area is 141 Å². The summed E-state index contributed by atoms with van der Waals surface area (Å²) in [7, 11) is 1.60. The van der Waals surface area contributed by atoms with Crippen molar-refractivity contribution in [2.24, 2.45) is 0 Å². The Balaban J connectivity index is 2.58. The molecule has 0 bridgehead atoms. The number of ether oxygens (including phenoxy) is 1. The number of rotatable bonds is 3. The molecule has 2 aromatic rings. The van der Waals surface area contributed by atoms with E-state index in [0.717, 1.165) is 21.2 Å². The predicted molar refractivity (Wildman–Crippen MR) is 89.6 cm³/mol. The average molecular weight is 395 g/mol. The highest BCUT2D eigenvalue weighted by Crippen LogP contribution is 2.42. The van der Waals surface area contributed by atoms with Gasteiger partial charge < -0.3 is 4.74 Å². The summed E-state index contributed by atoms with van der Waals surface area (Å²) >= 11 is 22.2. The van der Waals surface area contributed by atoms with Gasteiger partial charge in [0.05, 0.1) is 17.0 Å². The number of halogens is 4. The number of aryl methyl sites for hydroxylation is 1. The van der Waals surface area contributed by atoms with Crippen LogP contribution in [0.25, 0.3) is 0 Å². The van der Waals surface area contributed by atoms with Gasteiger partial charge in [-0.3, -0.25) is 0 Å². The number of benzene rings is 2. The number of hydrogen-bond donors (Lipinski definition) is 0. The molecular formula is C15H12BrCl3O. The second-order valence-electron chi connectivity index (χ2n) is 4.37. The van der Waals surface area contributed by atoms with Crippen molar-refractivity contribution < 1.29 is 4.74 Å². The van der Waals surface area contributed by atoms with E-state index >= 15 is 0 Å². The van der Waals surface area contributed by atoms with Gasteiger partial charge in [-0.05, 0) is 58.2 Å². The van der Waals surface area contributed by atoms with Gasteiger partial charge in [0.2, 0.25) is 0 Å². The maximum absolute atomic E-state index is 6.62. The van der Waals surface area contributed by atoms with Crippen LogP contribution in [0.5, 0.6) is 5.75 Å². The lowest BCUT2D eigenvalue weighted by Gasteiger charge is -2.18. The topological polar surface area (TPSA) is 9.23 Å². The Morgan fingerprint density at radius 1 is 1.05 bits per heavy atom. The summed E-state index contributed by atoms with van der Waals surface area (Å²) in [5.41, 5.74) is 2.80. The van der Waals surface area contributed by atoms with Crippen LogP contribution in [-0.2, 0) is 0 Å². The van der Waals surface area contributed by atoms with Crippen LogP contribution < -0.4 is 4.74 Å². The monoisotopic (exact) mass is 392 g/mol. The van der Waals surface area contributed by atoms with Crippen molar-refractivity contribution in [1.82, 2.24) is 0 Å². The molecule has 0 aliphatic rings. The minimum atomic E-state index is -0.390. The SMILES string of the molecule is COc1c(Br)cc(Cl)cc1C(Cl)c1cc(Cl)ccc1C. The van der Waals surface area contributed by atoms with Gasteiger partial charge in [-0.2, -0.15) is 0 Å². The lowest BCUT2D eigenvalue weighted by atomic mass is 9.99. The summed E-state index contributed by atoms with van der Waals surface area (Å²) in [6, 6.07) is 9.23. The molecule has 0 spiro atoms. The van der Waals surface area contributed by atoms with Crippen molar-refractivity contribution >= 4 is 50.7 Å². The molecule has 2 aromatic carbocycles. The molecule has 0 heterocycles. The second-order valence-corrected chi connectivity index (χ2v) is 6.54. The fourth-order valence-electron chi connectivity index (χ4n) is 2.04. The van der Waals surface area contributed by atoms with Crippen LogP contribution in [0.15, 0.2) is 34.8 Å². The summed E-state index contributed by atoms with van der Waals surface area (Å²) in [6.07, 6.45) is 0. The average Bonchev–Trinajstić information content (AvgIpc) is 2.40. The van der Waals surface area contributed by atoms with Gasteiger partial charge in [0.25, 0.3) is 0 Å². The molecule has 0 N–H and O–H groups in total. The zero-order chi connectivity index (χ0) is 14.9.